The summed E-state index contributed by atoms with van der Waals surface area (Å²) in [7, 11) is 0. The van der Waals surface area contributed by atoms with Crippen LogP contribution in [-0.4, -0.2) is 12.5 Å². The summed E-state index contributed by atoms with van der Waals surface area (Å²) in [6.45, 7) is 0. The van der Waals surface area contributed by atoms with Crippen LogP contribution in [0.25, 0.3) is 0 Å². The summed E-state index contributed by atoms with van der Waals surface area (Å²) in [6, 6.07) is 6.77. The van der Waals surface area contributed by atoms with E-state index >= 15 is 0 Å². The lowest BCUT2D eigenvalue weighted by molar-refractivity contribution is 0.302. The fraction of sp³-hybridized carbons (Fsp3) is 0.571. The van der Waals surface area contributed by atoms with Crippen LogP contribution in [0.15, 0.2) is 28.0 Å². The quantitative estimate of drug-likeness (QED) is 0.829. The molecule has 0 unspecified atom stereocenters. The standard InChI is InChI=1S/C14H21NS2/c1-16-12-7-6-11(10-13(12)17-2)14(15)8-4-3-5-9-14/h6-7,10H,3-5,8-9,15H2,1-2H3. The first-order valence-electron chi connectivity index (χ1n) is 6.21. The van der Waals surface area contributed by atoms with Crippen LogP contribution in [0.4, 0.5) is 0 Å². The molecule has 3 heteroatoms. The molecule has 0 bridgehead atoms. The summed E-state index contributed by atoms with van der Waals surface area (Å²) < 4.78 is 0. The van der Waals surface area contributed by atoms with Gasteiger partial charge in [-0.25, -0.2) is 0 Å². The SMILES string of the molecule is CSc1ccc(C2(N)CCCCC2)cc1SC. The first kappa shape index (κ1) is 13.3. The van der Waals surface area contributed by atoms with Gasteiger partial charge in [-0.05, 0) is 43.0 Å². The average Bonchev–Trinajstić information content (AvgIpc) is 2.38. The van der Waals surface area contributed by atoms with Crippen LogP contribution >= 0.6 is 23.5 Å². The Bertz CT molecular complexity index is 384. The maximum atomic E-state index is 6.58. The molecule has 0 radical (unpaired) electrons. The molecule has 0 saturated heterocycles. The normalized spacial score (nSPS) is 19.2. The van der Waals surface area contributed by atoms with E-state index in [9.17, 15) is 0 Å². The van der Waals surface area contributed by atoms with Crippen LogP contribution in [0.3, 0.4) is 0 Å². The van der Waals surface area contributed by atoms with Crippen molar-refractivity contribution in [1.82, 2.24) is 0 Å². The molecule has 1 fully saturated rings. The molecule has 1 nitrogen and oxygen atoms in total. The van der Waals surface area contributed by atoms with Gasteiger partial charge < -0.3 is 5.73 Å². The van der Waals surface area contributed by atoms with Crippen LogP contribution in [0.5, 0.6) is 0 Å². The molecule has 0 amide bonds. The van der Waals surface area contributed by atoms with Gasteiger partial charge in [-0.15, -0.1) is 23.5 Å². The Hall–Kier alpha value is -0.120. The largest absolute Gasteiger partial charge is 0.321 e. The second-order valence-corrected chi connectivity index (χ2v) is 6.48. The van der Waals surface area contributed by atoms with Crippen LogP contribution in [-0.2, 0) is 5.54 Å². The summed E-state index contributed by atoms with van der Waals surface area (Å²) in [4.78, 5) is 2.73. The Kier molecular flexibility index (Phi) is 4.45. The zero-order chi connectivity index (χ0) is 12.3. The number of hydrogen-bond acceptors (Lipinski definition) is 3. The van der Waals surface area contributed by atoms with Crippen molar-refractivity contribution in [3.05, 3.63) is 23.8 Å². The lowest BCUT2D eigenvalue weighted by Crippen LogP contribution is -2.38. The second-order valence-electron chi connectivity index (χ2n) is 4.79. The number of hydrogen-bond donors (Lipinski definition) is 1. The summed E-state index contributed by atoms with van der Waals surface area (Å²) >= 11 is 3.63. The van der Waals surface area contributed by atoms with E-state index < -0.39 is 0 Å². The van der Waals surface area contributed by atoms with E-state index in [-0.39, 0.29) is 5.54 Å². The molecule has 0 spiro atoms. The van der Waals surface area contributed by atoms with Crippen molar-refractivity contribution >= 4 is 23.5 Å². The monoisotopic (exact) mass is 267 g/mol. The molecule has 0 heterocycles. The Morgan fingerprint density at radius 3 is 2.24 bits per heavy atom. The fourth-order valence-electron chi connectivity index (χ4n) is 2.62. The molecule has 1 aliphatic rings. The lowest BCUT2D eigenvalue weighted by atomic mass is 9.77. The third-order valence-corrected chi connectivity index (χ3v) is 5.41. The predicted octanol–water partition coefficient (Wildman–Crippen LogP) is 4.25. The van der Waals surface area contributed by atoms with Gasteiger partial charge >= 0.3 is 0 Å². The van der Waals surface area contributed by atoms with E-state index in [4.69, 9.17) is 5.73 Å². The molecule has 0 aromatic heterocycles. The molecule has 0 atom stereocenters. The van der Waals surface area contributed by atoms with Crippen molar-refractivity contribution < 1.29 is 0 Å². The van der Waals surface area contributed by atoms with Gasteiger partial charge in [0.2, 0.25) is 0 Å². The molecule has 0 aliphatic heterocycles. The van der Waals surface area contributed by atoms with Crippen LogP contribution in [0.2, 0.25) is 0 Å². The minimum atomic E-state index is -0.0698. The highest BCUT2D eigenvalue weighted by molar-refractivity contribution is 8.01. The number of nitrogens with two attached hydrogens (primary N) is 1. The zero-order valence-electron chi connectivity index (χ0n) is 10.7. The minimum Gasteiger partial charge on any atom is -0.321 e. The molecule has 2 rings (SSSR count). The van der Waals surface area contributed by atoms with Crippen LogP contribution in [0, 0.1) is 0 Å². The van der Waals surface area contributed by atoms with E-state index in [0.29, 0.717) is 0 Å². The van der Waals surface area contributed by atoms with Crippen molar-refractivity contribution in [3.63, 3.8) is 0 Å². The van der Waals surface area contributed by atoms with E-state index in [1.807, 2.05) is 23.5 Å². The highest BCUT2D eigenvalue weighted by atomic mass is 32.2. The Labute approximate surface area is 113 Å². The van der Waals surface area contributed by atoms with Crippen molar-refractivity contribution in [2.24, 2.45) is 5.73 Å². The van der Waals surface area contributed by atoms with Crippen molar-refractivity contribution in [2.75, 3.05) is 12.5 Å². The van der Waals surface area contributed by atoms with E-state index in [1.165, 1.54) is 34.6 Å². The van der Waals surface area contributed by atoms with Crippen LogP contribution < -0.4 is 5.73 Å². The Morgan fingerprint density at radius 2 is 1.65 bits per heavy atom. The molecule has 1 aromatic rings. The van der Waals surface area contributed by atoms with E-state index in [0.717, 1.165) is 12.8 Å². The summed E-state index contributed by atoms with van der Waals surface area (Å²) in [5.74, 6) is 0. The Morgan fingerprint density at radius 1 is 1.00 bits per heavy atom. The van der Waals surface area contributed by atoms with Crippen LogP contribution in [0.1, 0.15) is 37.7 Å². The van der Waals surface area contributed by atoms with E-state index in [2.05, 4.69) is 30.7 Å². The predicted molar refractivity (Wildman–Crippen MR) is 79.0 cm³/mol. The zero-order valence-corrected chi connectivity index (χ0v) is 12.3. The molecule has 17 heavy (non-hydrogen) atoms. The van der Waals surface area contributed by atoms with E-state index in [1.54, 1.807) is 0 Å². The maximum absolute atomic E-state index is 6.58. The van der Waals surface area contributed by atoms with Gasteiger partial charge in [-0.1, -0.05) is 25.3 Å². The summed E-state index contributed by atoms with van der Waals surface area (Å²) in [5.41, 5.74) is 7.84. The first-order chi connectivity index (χ1) is 8.19. The number of rotatable bonds is 3. The topological polar surface area (TPSA) is 26.0 Å². The molecule has 94 valence electrons. The lowest BCUT2D eigenvalue weighted by Gasteiger charge is -2.34. The first-order valence-corrected chi connectivity index (χ1v) is 8.66. The minimum absolute atomic E-state index is 0.0698. The highest BCUT2D eigenvalue weighted by Gasteiger charge is 2.29. The molecule has 1 aliphatic carbocycles. The van der Waals surface area contributed by atoms with Gasteiger partial charge in [-0.3, -0.25) is 0 Å². The van der Waals surface area contributed by atoms with Gasteiger partial charge in [-0.2, -0.15) is 0 Å². The van der Waals surface area contributed by atoms with Gasteiger partial charge in [0.15, 0.2) is 0 Å². The Balaban J connectivity index is 2.32. The summed E-state index contributed by atoms with van der Waals surface area (Å²) in [6.07, 6.45) is 10.4. The second kappa shape index (κ2) is 5.68. The van der Waals surface area contributed by atoms with Gasteiger partial charge in [0.05, 0.1) is 0 Å². The molecule has 1 aromatic carbocycles. The molecule has 1 saturated carbocycles. The average molecular weight is 267 g/mol. The third kappa shape index (κ3) is 2.83. The number of thioether (sulfide) groups is 2. The summed E-state index contributed by atoms with van der Waals surface area (Å²) in [5, 5.41) is 0. The molecule has 2 N–H and O–H groups in total. The highest BCUT2D eigenvalue weighted by Crippen LogP contribution is 2.38. The van der Waals surface area contributed by atoms with Gasteiger partial charge in [0.1, 0.15) is 0 Å². The van der Waals surface area contributed by atoms with Crippen molar-refractivity contribution in [1.29, 1.82) is 0 Å². The van der Waals surface area contributed by atoms with Crippen molar-refractivity contribution in [3.8, 4) is 0 Å². The third-order valence-electron chi connectivity index (χ3n) is 3.70. The number of benzene rings is 1. The van der Waals surface area contributed by atoms with Crippen molar-refractivity contribution in [2.45, 2.75) is 47.4 Å². The maximum Gasteiger partial charge on any atom is 0.0410 e. The van der Waals surface area contributed by atoms with Gasteiger partial charge in [0, 0.05) is 15.3 Å². The smallest absolute Gasteiger partial charge is 0.0410 e. The fourth-order valence-corrected chi connectivity index (χ4v) is 4.10. The molecular formula is C14H21NS2. The molecular weight excluding hydrogens is 246 g/mol. The van der Waals surface area contributed by atoms with Gasteiger partial charge in [0.25, 0.3) is 0 Å².